The van der Waals surface area contributed by atoms with Crippen LogP contribution in [0.5, 0.6) is 5.75 Å². The standard InChI is InChI=1S/C12H10IN2O/c1-13-12-5-8(7-14)10-6-9(16-2)3-4-11(10)15-12/h3-6H,1-2H3/q-1. The fourth-order valence-corrected chi connectivity index (χ4v) is 2.61. The van der Waals surface area contributed by atoms with Gasteiger partial charge in [-0.25, -0.2) is 0 Å². The molecule has 0 fully saturated rings. The molecule has 2 aromatic rings. The van der Waals surface area contributed by atoms with Crippen LogP contribution in [-0.2, 0) is 0 Å². The maximum atomic E-state index is 9.11. The summed E-state index contributed by atoms with van der Waals surface area (Å²) in [5, 5.41) is 9.98. The number of nitriles is 1. The third-order valence-electron chi connectivity index (χ3n) is 2.30. The summed E-state index contributed by atoms with van der Waals surface area (Å²) in [5.74, 6) is 0.754. The SMILES string of the molecule is COc1ccc2nc([I-]C)cc(C#N)c2c1. The maximum absolute atomic E-state index is 9.11. The van der Waals surface area contributed by atoms with E-state index in [2.05, 4.69) is 16.0 Å². The average Bonchev–Trinajstić information content (AvgIpc) is 2.36. The van der Waals surface area contributed by atoms with Crippen molar-refractivity contribution in [1.82, 2.24) is 4.98 Å². The van der Waals surface area contributed by atoms with E-state index in [1.165, 1.54) is 0 Å². The quantitative estimate of drug-likeness (QED) is 0.404. The average molecular weight is 325 g/mol. The number of fused-ring (bicyclic) bond motifs is 1. The molecule has 0 aliphatic carbocycles. The molecule has 0 spiro atoms. The Kier molecular flexibility index (Phi) is 3.25. The van der Waals surface area contributed by atoms with Gasteiger partial charge in [0.05, 0.1) is 0 Å². The van der Waals surface area contributed by atoms with Crippen LogP contribution in [0, 0.1) is 15.0 Å². The van der Waals surface area contributed by atoms with Crippen molar-refractivity contribution >= 4 is 10.9 Å². The van der Waals surface area contributed by atoms with Gasteiger partial charge in [0.15, 0.2) is 0 Å². The molecule has 1 aromatic heterocycles. The van der Waals surface area contributed by atoms with E-state index >= 15 is 0 Å². The Bertz CT molecular complexity index is 575. The molecule has 4 heteroatoms. The van der Waals surface area contributed by atoms with E-state index in [9.17, 15) is 0 Å². The number of halogens is 1. The molecule has 0 aliphatic heterocycles. The van der Waals surface area contributed by atoms with Crippen molar-refractivity contribution in [1.29, 1.82) is 5.26 Å². The number of alkyl halides is 1. The zero-order valence-electron chi connectivity index (χ0n) is 8.99. The number of methoxy groups -OCH3 is 1. The summed E-state index contributed by atoms with van der Waals surface area (Å²) in [6.45, 7) is 0. The first-order valence-electron chi connectivity index (χ1n) is 4.67. The molecule has 0 N–H and O–H groups in total. The third kappa shape index (κ3) is 1.95. The third-order valence-corrected chi connectivity index (χ3v) is 3.96. The van der Waals surface area contributed by atoms with Gasteiger partial charge in [0, 0.05) is 0 Å². The molecule has 0 atom stereocenters. The fourth-order valence-electron chi connectivity index (χ4n) is 1.49. The molecule has 2 rings (SSSR count). The Hall–Kier alpha value is -1.35. The van der Waals surface area contributed by atoms with Gasteiger partial charge < -0.3 is 0 Å². The van der Waals surface area contributed by atoms with E-state index in [4.69, 9.17) is 10.00 Å². The molecule has 0 radical (unpaired) electrons. The van der Waals surface area contributed by atoms with Gasteiger partial charge in [-0.15, -0.1) is 0 Å². The van der Waals surface area contributed by atoms with Gasteiger partial charge in [-0.2, -0.15) is 0 Å². The number of hydrogen-bond acceptors (Lipinski definition) is 3. The first kappa shape index (κ1) is 11.1. The summed E-state index contributed by atoms with van der Waals surface area (Å²) < 4.78 is 6.20. The molecule has 0 amide bonds. The molecule has 0 unspecified atom stereocenters. The van der Waals surface area contributed by atoms with E-state index in [1.807, 2.05) is 24.3 Å². The van der Waals surface area contributed by atoms with Crippen LogP contribution >= 0.6 is 0 Å². The number of nitrogens with zero attached hydrogens (tertiary/aromatic N) is 2. The van der Waals surface area contributed by atoms with Crippen molar-refractivity contribution < 1.29 is 25.9 Å². The van der Waals surface area contributed by atoms with E-state index in [1.54, 1.807) is 7.11 Å². The molecule has 0 saturated heterocycles. The van der Waals surface area contributed by atoms with Crippen molar-refractivity contribution in [2.75, 3.05) is 12.0 Å². The molecule has 1 heterocycles. The molecule has 3 nitrogen and oxygen atoms in total. The van der Waals surface area contributed by atoms with Crippen LogP contribution < -0.4 is 25.9 Å². The Morgan fingerprint density at radius 3 is 2.81 bits per heavy atom. The van der Waals surface area contributed by atoms with Gasteiger partial charge >= 0.3 is 104 Å². The second-order valence-corrected chi connectivity index (χ2v) is 5.36. The van der Waals surface area contributed by atoms with E-state index in [-0.39, 0.29) is 21.2 Å². The van der Waals surface area contributed by atoms with Crippen LogP contribution in [-0.4, -0.2) is 17.0 Å². The van der Waals surface area contributed by atoms with Gasteiger partial charge in [-0.05, 0) is 0 Å². The first-order valence-corrected chi connectivity index (χ1v) is 7.90. The molecule has 1 aromatic carbocycles. The summed E-state index contributed by atoms with van der Waals surface area (Å²) in [6.07, 6.45) is 0. The topological polar surface area (TPSA) is 45.9 Å². The summed E-state index contributed by atoms with van der Waals surface area (Å²) in [5.41, 5.74) is 1.55. The van der Waals surface area contributed by atoms with E-state index < -0.39 is 0 Å². The number of benzene rings is 1. The molecule has 0 saturated carbocycles. The number of ether oxygens (including phenoxy) is 1. The summed E-state index contributed by atoms with van der Waals surface area (Å²) in [7, 11) is 1.62. The molecular formula is C12H10IN2O-. The fraction of sp³-hybridized carbons (Fsp3) is 0.167. The van der Waals surface area contributed by atoms with E-state index in [0.29, 0.717) is 5.56 Å². The van der Waals surface area contributed by atoms with E-state index in [0.717, 1.165) is 20.4 Å². The molecule has 16 heavy (non-hydrogen) atoms. The Labute approximate surface area is 104 Å². The Balaban J connectivity index is 2.75. The summed E-state index contributed by atoms with van der Waals surface area (Å²) >= 11 is -0.0935. The summed E-state index contributed by atoms with van der Waals surface area (Å²) in [4.78, 5) is 6.66. The minimum atomic E-state index is -0.0935. The van der Waals surface area contributed by atoms with Crippen LogP contribution in [0.3, 0.4) is 0 Å². The van der Waals surface area contributed by atoms with Crippen LogP contribution in [0.25, 0.3) is 10.9 Å². The van der Waals surface area contributed by atoms with Crippen molar-refractivity contribution in [2.45, 2.75) is 0 Å². The van der Waals surface area contributed by atoms with Crippen molar-refractivity contribution in [3.05, 3.63) is 33.5 Å². The zero-order chi connectivity index (χ0) is 11.5. The number of aromatic nitrogens is 1. The van der Waals surface area contributed by atoms with Crippen LogP contribution in [0.4, 0.5) is 0 Å². The van der Waals surface area contributed by atoms with Gasteiger partial charge in [0.2, 0.25) is 0 Å². The number of pyridine rings is 1. The number of rotatable bonds is 2. The zero-order valence-corrected chi connectivity index (χ0v) is 11.1. The monoisotopic (exact) mass is 325 g/mol. The molecular weight excluding hydrogens is 315 g/mol. The van der Waals surface area contributed by atoms with Gasteiger partial charge in [0.25, 0.3) is 0 Å². The first-order chi connectivity index (χ1) is 7.78. The van der Waals surface area contributed by atoms with Gasteiger partial charge in [-0.1, -0.05) is 0 Å². The second kappa shape index (κ2) is 4.66. The van der Waals surface area contributed by atoms with Crippen LogP contribution in [0.15, 0.2) is 24.3 Å². The summed E-state index contributed by atoms with van der Waals surface area (Å²) in [6, 6.07) is 9.73. The van der Waals surface area contributed by atoms with Gasteiger partial charge in [-0.3, -0.25) is 0 Å². The second-order valence-electron chi connectivity index (χ2n) is 3.18. The Morgan fingerprint density at radius 1 is 1.38 bits per heavy atom. The predicted octanol–water partition coefficient (Wildman–Crippen LogP) is -0.997. The van der Waals surface area contributed by atoms with Crippen molar-refractivity contribution in [3.8, 4) is 11.8 Å². The predicted molar refractivity (Wildman–Crippen MR) is 57.6 cm³/mol. The van der Waals surface area contributed by atoms with Gasteiger partial charge in [0.1, 0.15) is 0 Å². The molecule has 0 aliphatic rings. The van der Waals surface area contributed by atoms with Crippen LogP contribution in [0.1, 0.15) is 5.56 Å². The van der Waals surface area contributed by atoms with Crippen molar-refractivity contribution in [3.63, 3.8) is 0 Å². The normalized spacial score (nSPS) is 10.3. The Morgan fingerprint density at radius 2 is 2.19 bits per heavy atom. The number of hydrogen-bond donors (Lipinski definition) is 0. The minimum absolute atomic E-state index is 0.0935. The van der Waals surface area contributed by atoms with Crippen molar-refractivity contribution in [2.24, 2.45) is 0 Å². The van der Waals surface area contributed by atoms with Crippen LogP contribution in [0.2, 0.25) is 0 Å². The molecule has 82 valence electrons. The molecule has 0 bridgehead atoms.